The quantitative estimate of drug-likeness (QED) is 0.590. The van der Waals surface area contributed by atoms with Crippen molar-refractivity contribution in [3.63, 3.8) is 0 Å². The molecule has 2 aromatic carbocycles. The summed E-state index contributed by atoms with van der Waals surface area (Å²) in [7, 11) is 0. The smallest absolute Gasteiger partial charge is 0.320 e. The molecular formula is C23H21ClN2O3. The maximum atomic E-state index is 13.5. The van der Waals surface area contributed by atoms with Gasteiger partial charge in [-0.15, -0.1) is 0 Å². The van der Waals surface area contributed by atoms with Crippen LogP contribution >= 0.6 is 11.6 Å². The standard InChI is InChI=1S/C23H21ClN2O3/c1-2-13-29-23(28)19-14-25-12-11-18-17-5-3-4-6-20(17)26(21(18)19)22(27)15-7-9-16(24)10-8-15/h3-10,14,19H,2,11-13H2,1H3. The van der Waals surface area contributed by atoms with Gasteiger partial charge in [-0.25, -0.2) is 0 Å². The third-order valence-corrected chi connectivity index (χ3v) is 5.31. The summed E-state index contributed by atoms with van der Waals surface area (Å²) in [6.07, 6.45) is 3.01. The van der Waals surface area contributed by atoms with E-state index >= 15 is 0 Å². The lowest BCUT2D eigenvalue weighted by Crippen LogP contribution is -2.24. The largest absolute Gasteiger partial charge is 0.465 e. The number of carbonyl (C=O) groups is 2. The van der Waals surface area contributed by atoms with E-state index in [-0.39, 0.29) is 11.9 Å². The van der Waals surface area contributed by atoms with E-state index in [9.17, 15) is 9.59 Å². The third-order valence-electron chi connectivity index (χ3n) is 5.06. The Labute approximate surface area is 174 Å². The number of para-hydroxylation sites is 1. The molecule has 6 heteroatoms. The number of rotatable bonds is 4. The van der Waals surface area contributed by atoms with Gasteiger partial charge in [-0.1, -0.05) is 36.7 Å². The van der Waals surface area contributed by atoms with Gasteiger partial charge in [0.1, 0.15) is 5.92 Å². The zero-order valence-electron chi connectivity index (χ0n) is 16.1. The second-order valence-corrected chi connectivity index (χ2v) is 7.42. The Morgan fingerprint density at radius 2 is 1.93 bits per heavy atom. The van der Waals surface area contributed by atoms with Crippen LogP contribution in [0.15, 0.2) is 53.5 Å². The number of ether oxygens (including phenoxy) is 1. The molecule has 148 valence electrons. The van der Waals surface area contributed by atoms with Gasteiger partial charge in [0.05, 0.1) is 12.1 Å². The van der Waals surface area contributed by atoms with Crippen molar-refractivity contribution in [2.45, 2.75) is 25.7 Å². The Morgan fingerprint density at radius 1 is 1.17 bits per heavy atom. The minimum absolute atomic E-state index is 0.206. The first-order valence-corrected chi connectivity index (χ1v) is 10.1. The molecule has 29 heavy (non-hydrogen) atoms. The van der Waals surface area contributed by atoms with E-state index in [1.807, 2.05) is 31.2 Å². The Morgan fingerprint density at radius 3 is 2.69 bits per heavy atom. The lowest BCUT2D eigenvalue weighted by molar-refractivity contribution is -0.143. The van der Waals surface area contributed by atoms with Crippen LogP contribution in [0.3, 0.4) is 0 Å². The Balaban J connectivity index is 1.93. The molecule has 1 atom stereocenters. The van der Waals surface area contributed by atoms with Crippen molar-refractivity contribution in [2.24, 2.45) is 4.99 Å². The van der Waals surface area contributed by atoms with Crippen LogP contribution in [0.5, 0.6) is 0 Å². The lowest BCUT2D eigenvalue weighted by atomic mass is 10.00. The van der Waals surface area contributed by atoms with Crippen molar-refractivity contribution >= 4 is 40.6 Å². The van der Waals surface area contributed by atoms with E-state index in [2.05, 4.69) is 4.99 Å². The van der Waals surface area contributed by atoms with Crippen LogP contribution in [0, 0.1) is 0 Å². The van der Waals surface area contributed by atoms with Crippen LogP contribution in [-0.4, -0.2) is 35.8 Å². The Bertz CT molecular complexity index is 1100. The van der Waals surface area contributed by atoms with Gasteiger partial charge in [-0.3, -0.25) is 19.1 Å². The van der Waals surface area contributed by atoms with Crippen molar-refractivity contribution in [3.8, 4) is 0 Å². The molecule has 0 bridgehead atoms. The molecule has 1 aliphatic rings. The minimum atomic E-state index is -0.720. The molecule has 0 radical (unpaired) electrons. The fraction of sp³-hybridized carbons (Fsp3) is 0.261. The van der Waals surface area contributed by atoms with Crippen molar-refractivity contribution in [2.75, 3.05) is 13.2 Å². The predicted octanol–water partition coefficient (Wildman–Crippen LogP) is 4.65. The number of hydrogen-bond acceptors (Lipinski definition) is 4. The summed E-state index contributed by atoms with van der Waals surface area (Å²) in [6, 6.07) is 14.5. The number of aromatic nitrogens is 1. The number of nitrogens with zero attached hydrogens (tertiary/aromatic N) is 2. The molecule has 0 spiro atoms. The van der Waals surface area contributed by atoms with Crippen LogP contribution in [0.25, 0.3) is 10.9 Å². The van der Waals surface area contributed by atoms with Crippen molar-refractivity contribution in [1.29, 1.82) is 0 Å². The van der Waals surface area contributed by atoms with Gasteiger partial charge in [0.2, 0.25) is 0 Å². The third kappa shape index (κ3) is 3.58. The molecule has 5 nitrogen and oxygen atoms in total. The van der Waals surface area contributed by atoms with Crippen LogP contribution in [-0.2, 0) is 16.0 Å². The van der Waals surface area contributed by atoms with Crippen molar-refractivity contribution in [3.05, 3.63) is 70.4 Å². The highest BCUT2D eigenvalue weighted by molar-refractivity contribution is 6.30. The van der Waals surface area contributed by atoms with Gasteiger partial charge in [0.25, 0.3) is 5.91 Å². The van der Waals surface area contributed by atoms with Gasteiger partial charge in [-0.2, -0.15) is 0 Å². The lowest BCUT2D eigenvalue weighted by Gasteiger charge is -2.16. The molecule has 0 saturated heterocycles. The van der Waals surface area contributed by atoms with E-state index in [1.165, 1.54) is 0 Å². The minimum Gasteiger partial charge on any atom is -0.465 e. The van der Waals surface area contributed by atoms with Crippen LogP contribution in [0.4, 0.5) is 0 Å². The Hall–Kier alpha value is -2.92. The molecule has 4 rings (SSSR count). The second-order valence-electron chi connectivity index (χ2n) is 6.98. The highest BCUT2D eigenvalue weighted by atomic mass is 35.5. The summed E-state index contributed by atoms with van der Waals surface area (Å²) < 4.78 is 7.06. The first kappa shape index (κ1) is 19.4. The summed E-state index contributed by atoms with van der Waals surface area (Å²) >= 11 is 5.99. The van der Waals surface area contributed by atoms with Crippen molar-refractivity contribution in [1.82, 2.24) is 4.57 Å². The van der Waals surface area contributed by atoms with Crippen LogP contribution in [0.2, 0.25) is 5.02 Å². The number of aliphatic imine (C=N–C) groups is 1. The first-order chi connectivity index (χ1) is 14.1. The normalized spacial score (nSPS) is 15.7. The predicted molar refractivity (Wildman–Crippen MR) is 114 cm³/mol. The topological polar surface area (TPSA) is 60.7 Å². The molecule has 0 saturated carbocycles. The average Bonchev–Trinajstić information content (AvgIpc) is 2.90. The highest BCUT2D eigenvalue weighted by Crippen LogP contribution is 2.34. The first-order valence-electron chi connectivity index (χ1n) is 9.71. The molecule has 1 aliphatic heterocycles. The summed E-state index contributed by atoms with van der Waals surface area (Å²) in [6.45, 7) is 2.85. The molecule has 2 heterocycles. The number of carbonyl (C=O) groups excluding carboxylic acids is 2. The Kier molecular flexibility index (Phi) is 5.49. The molecule has 0 amide bonds. The van der Waals surface area contributed by atoms with Gasteiger partial charge in [-0.05, 0) is 48.7 Å². The monoisotopic (exact) mass is 408 g/mol. The van der Waals surface area contributed by atoms with E-state index in [0.29, 0.717) is 35.9 Å². The molecule has 0 fully saturated rings. The number of hydrogen-bond donors (Lipinski definition) is 0. The zero-order chi connectivity index (χ0) is 20.4. The maximum absolute atomic E-state index is 13.5. The van der Waals surface area contributed by atoms with Crippen LogP contribution in [0.1, 0.15) is 40.9 Å². The van der Waals surface area contributed by atoms with Crippen molar-refractivity contribution < 1.29 is 14.3 Å². The number of halogens is 1. The van der Waals surface area contributed by atoms with E-state index < -0.39 is 5.92 Å². The van der Waals surface area contributed by atoms with Gasteiger partial charge >= 0.3 is 5.97 Å². The zero-order valence-corrected chi connectivity index (χ0v) is 16.9. The fourth-order valence-corrected chi connectivity index (χ4v) is 3.87. The average molecular weight is 409 g/mol. The summed E-state index contributed by atoms with van der Waals surface area (Å²) in [5.74, 6) is -1.31. The van der Waals surface area contributed by atoms with E-state index in [0.717, 1.165) is 22.9 Å². The molecule has 1 unspecified atom stereocenters. The summed E-state index contributed by atoms with van der Waals surface area (Å²) in [5, 5.41) is 1.52. The SMILES string of the molecule is CCCOC(=O)C1C=NCCc2c1n(C(=O)c1ccc(Cl)cc1)c1ccccc21. The molecule has 3 aromatic rings. The van der Waals surface area contributed by atoms with E-state index in [4.69, 9.17) is 16.3 Å². The molecule has 1 aromatic heterocycles. The summed E-state index contributed by atoms with van der Waals surface area (Å²) in [4.78, 5) is 30.8. The van der Waals surface area contributed by atoms with E-state index in [1.54, 1.807) is 35.0 Å². The second kappa shape index (κ2) is 8.21. The van der Waals surface area contributed by atoms with Crippen LogP contribution < -0.4 is 0 Å². The number of esters is 1. The maximum Gasteiger partial charge on any atom is 0.320 e. The molecule has 0 aliphatic carbocycles. The number of fused-ring (bicyclic) bond motifs is 3. The van der Waals surface area contributed by atoms with Gasteiger partial charge in [0.15, 0.2) is 0 Å². The highest BCUT2D eigenvalue weighted by Gasteiger charge is 2.32. The van der Waals surface area contributed by atoms with Gasteiger partial charge in [0, 0.05) is 34.4 Å². The molecular weight excluding hydrogens is 388 g/mol. The number of benzene rings is 2. The van der Waals surface area contributed by atoms with Gasteiger partial charge < -0.3 is 4.74 Å². The molecule has 0 N–H and O–H groups in total. The fourth-order valence-electron chi connectivity index (χ4n) is 3.75. The summed E-state index contributed by atoms with van der Waals surface area (Å²) in [5.41, 5.74) is 2.90.